The molecule has 1 atom stereocenters. The molecule has 2 saturated heterocycles. The van der Waals surface area contributed by atoms with Crippen LogP contribution in [0.3, 0.4) is 0 Å². The Hall–Kier alpha value is -3.68. The Morgan fingerprint density at radius 1 is 1.10 bits per heavy atom. The summed E-state index contributed by atoms with van der Waals surface area (Å²) in [7, 11) is 3.35. The molecule has 0 radical (unpaired) electrons. The summed E-state index contributed by atoms with van der Waals surface area (Å²) in [6, 6.07) is 2.69. The van der Waals surface area contributed by atoms with Crippen LogP contribution in [0.2, 0.25) is 0 Å². The maximum Gasteiger partial charge on any atom is 0.414 e. The van der Waals surface area contributed by atoms with Gasteiger partial charge in [-0.25, -0.2) is 23.4 Å². The van der Waals surface area contributed by atoms with Crippen molar-refractivity contribution in [1.82, 2.24) is 35.3 Å². The van der Waals surface area contributed by atoms with Gasteiger partial charge < -0.3 is 24.8 Å². The first kappa shape index (κ1) is 26.9. The molecule has 0 unspecified atom stereocenters. The van der Waals surface area contributed by atoms with E-state index in [0.29, 0.717) is 5.92 Å². The van der Waals surface area contributed by atoms with Gasteiger partial charge in [-0.05, 0) is 58.0 Å². The molecule has 2 aromatic heterocycles. The number of hydrogen-bond acceptors (Lipinski definition) is 9. The highest BCUT2D eigenvalue weighted by Gasteiger charge is 2.48. The van der Waals surface area contributed by atoms with E-state index in [9.17, 15) is 18.4 Å². The van der Waals surface area contributed by atoms with Crippen LogP contribution >= 0.6 is 0 Å². The molecule has 5 rings (SSSR count). The van der Waals surface area contributed by atoms with E-state index < -0.39 is 30.5 Å². The van der Waals surface area contributed by atoms with Crippen LogP contribution in [0.15, 0.2) is 24.4 Å². The Morgan fingerprint density at radius 3 is 2.56 bits per heavy atom. The lowest BCUT2D eigenvalue weighted by molar-refractivity contribution is -0.0760. The number of urea groups is 1. The van der Waals surface area contributed by atoms with Crippen LogP contribution < -0.4 is 20.3 Å². The minimum Gasteiger partial charge on any atom is -0.391 e. The van der Waals surface area contributed by atoms with Gasteiger partial charge in [-0.2, -0.15) is 10.1 Å². The quantitative estimate of drug-likeness (QED) is 0.563. The van der Waals surface area contributed by atoms with Crippen molar-refractivity contribution in [2.75, 3.05) is 50.5 Å². The molecular formula is C25H33F2N9O3. The second-order valence-electron chi connectivity index (χ2n) is 10.4. The van der Waals surface area contributed by atoms with Crippen LogP contribution in [0, 0.1) is 0 Å². The standard InChI is InChI=1S/C25H33F2N9O3/c1-34-12-8-17(9-13-34)29-24(38)39-21-7-11-28-22(31-21)36-14-10-25(26,27)19(15-36)35(2)23(37)30-20-6-5-18(32-33-20)16-3-4-16/h5-7,11,16-17,19H,3-4,8-10,12-15H2,1-2H3,(H,29,38)(H,30,33,37)/t19-/m0/s1. The first-order valence-corrected chi connectivity index (χ1v) is 13.2. The van der Waals surface area contributed by atoms with E-state index >= 15 is 0 Å². The number of halogens is 2. The highest BCUT2D eigenvalue weighted by atomic mass is 19.3. The normalized spacial score (nSPS) is 21.7. The average Bonchev–Trinajstić information content (AvgIpc) is 3.76. The first-order valence-electron chi connectivity index (χ1n) is 13.2. The molecule has 0 bridgehead atoms. The lowest BCUT2D eigenvalue weighted by Crippen LogP contribution is -2.60. The third kappa shape index (κ3) is 6.67. The Balaban J connectivity index is 1.20. The highest BCUT2D eigenvalue weighted by Crippen LogP contribution is 2.38. The van der Waals surface area contributed by atoms with Gasteiger partial charge in [0.25, 0.3) is 5.92 Å². The number of rotatable bonds is 6. The number of hydrogen-bond donors (Lipinski definition) is 2. The van der Waals surface area contributed by atoms with Gasteiger partial charge in [0.15, 0.2) is 5.82 Å². The monoisotopic (exact) mass is 545 g/mol. The fraction of sp³-hybridized carbons (Fsp3) is 0.600. The number of likely N-dealkylation sites (N-methyl/N-ethyl adjacent to an activating group) is 1. The number of carbonyl (C=O) groups excluding carboxylic acids is 2. The molecule has 3 amide bonds. The molecule has 12 nitrogen and oxygen atoms in total. The molecule has 3 aliphatic rings. The second kappa shape index (κ2) is 11.2. The molecule has 14 heteroatoms. The molecule has 39 heavy (non-hydrogen) atoms. The van der Waals surface area contributed by atoms with E-state index in [2.05, 4.69) is 35.7 Å². The van der Waals surface area contributed by atoms with Crippen LogP contribution in [-0.2, 0) is 0 Å². The van der Waals surface area contributed by atoms with Crippen molar-refractivity contribution < 1.29 is 23.1 Å². The molecule has 3 fully saturated rings. The summed E-state index contributed by atoms with van der Waals surface area (Å²) in [5.41, 5.74) is 0.862. The Kier molecular flexibility index (Phi) is 7.73. The number of likely N-dealkylation sites (tertiary alicyclic amines) is 1. The van der Waals surface area contributed by atoms with Gasteiger partial charge in [-0.3, -0.25) is 5.32 Å². The van der Waals surface area contributed by atoms with Gasteiger partial charge >= 0.3 is 12.1 Å². The molecule has 210 valence electrons. The summed E-state index contributed by atoms with van der Waals surface area (Å²) < 4.78 is 35.3. The Bertz CT molecular complexity index is 1170. The van der Waals surface area contributed by atoms with Crippen molar-refractivity contribution in [3.63, 3.8) is 0 Å². The third-order valence-electron chi connectivity index (χ3n) is 7.44. The summed E-state index contributed by atoms with van der Waals surface area (Å²) in [5.74, 6) is -2.38. The number of alkyl halides is 2. The lowest BCUT2D eigenvalue weighted by Gasteiger charge is -2.42. The minimum absolute atomic E-state index is 0.0126. The number of amides is 3. The molecule has 0 spiro atoms. The summed E-state index contributed by atoms with van der Waals surface area (Å²) in [4.78, 5) is 38.4. The van der Waals surface area contributed by atoms with E-state index in [1.54, 1.807) is 17.0 Å². The van der Waals surface area contributed by atoms with Crippen molar-refractivity contribution in [2.24, 2.45) is 0 Å². The van der Waals surface area contributed by atoms with Crippen molar-refractivity contribution in [1.29, 1.82) is 0 Å². The SMILES string of the molecule is CN1CCC(NC(=O)Oc2ccnc(N3CCC(F)(F)[C@@H](N(C)C(=O)Nc4ccc(C5CC5)nn4)C3)n2)CC1. The number of anilines is 2. The van der Waals surface area contributed by atoms with Gasteiger partial charge in [0.05, 0.1) is 5.69 Å². The molecule has 1 aliphatic carbocycles. The van der Waals surface area contributed by atoms with Crippen LogP contribution in [0.25, 0.3) is 0 Å². The van der Waals surface area contributed by atoms with Crippen LogP contribution in [0.1, 0.15) is 43.7 Å². The van der Waals surface area contributed by atoms with Crippen LogP contribution in [0.5, 0.6) is 5.88 Å². The number of ether oxygens (including phenoxy) is 1. The number of nitrogens with one attached hydrogen (secondary N) is 2. The largest absolute Gasteiger partial charge is 0.414 e. The molecule has 2 aromatic rings. The van der Waals surface area contributed by atoms with Gasteiger partial charge in [0.2, 0.25) is 11.8 Å². The topological polar surface area (TPSA) is 129 Å². The van der Waals surface area contributed by atoms with E-state index in [1.807, 2.05) is 7.05 Å². The fourth-order valence-electron chi connectivity index (χ4n) is 4.80. The van der Waals surface area contributed by atoms with Gasteiger partial charge in [-0.1, -0.05) is 0 Å². The van der Waals surface area contributed by atoms with E-state index in [-0.39, 0.29) is 36.8 Å². The van der Waals surface area contributed by atoms with E-state index in [4.69, 9.17) is 4.74 Å². The summed E-state index contributed by atoms with van der Waals surface area (Å²) in [6.45, 7) is 1.53. The highest BCUT2D eigenvalue weighted by molar-refractivity contribution is 5.88. The van der Waals surface area contributed by atoms with Crippen molar-refractivity contribution >= 4 is 23.9 Å². The van der Waals surface area contributed by atoms with Crippen LogP contribution in [0.4, 0.5) is 30.1 Å². The zero-order valence-electron chi connectivity index (χ0n) is 22.0. The Morgan fingerprint density at radius 2 is 1.87 bits per heavy atom. The van der Waals surface area contributed by atoms with Crippen molar-refractivity contribution in [2.45, 2.75) is 56.0 Å². The summed E-state index contributed by atoms with van der Waals surface area (Å²) in [5, 5.41) is 13.5. The number of aromatic nitrogens is 4. The number of carbonyl (C=O) groups is 2. The maximum absolute atomic E-state index is 15.0. The first-order chi connectivity index (χ1) is 18.7. The third-order valence-corrected chi connectivity index (χ3v) is 7.44. The molecule has 1 saturated carbocycles. The van der Waals surface area contributed by atoms with E-state index in [0.717, 1.165) is 49.4 Å². The fourth-order valence-corrected chi connectivity index (χ4v) is 4.80. The molecule has 2 aliphatic heterocycles. The predicted molar refractivity (Wildman–Crippen MR) is 138 cm³/mol. The lowest BCUT2D eigenvalue weighted by atomic mass is 10.00. The predicted octanol–water partition coefficient (Wildman–Crippen LogP) is 2.70. The molecule has 0 aromatic carbocycles. The summed E-state index contributed by atoms with van der Waals surface area (Å²) >= 11 is 0. The van der Waals surface area contributed by atoms with Crippen molar-refractivity contribution in [3.05, 3.63) is 30.1 Å². The van der Waals surface area contributed by atoms with Gasteiger partial charge in [0, 0.05) is 50.8 Å². The Labute approximate surface area is 225 Å². The van der Waals surface area contributed by atoms with Crippen LogP contribution in [-0.4, -0.2) is 100 Å². The smallest absolute Gasteiger partial charge is 0.391 e. The zero-order chi connectivity index (χ0) is 27.6. The minimum atomic E-state index is -3.13. The van der Waals surface area contributed by atoms with Gasteiger partial charge in [0.1, 0.15) is 6.04 Å². The van der Waals surface area contributed by atoms with Crippen molar-refractivity contribution in [3.8, 4) is 5.88 Å². The second-order valence-corrected chi connectivity index (χ2v) is 10.4. The molecule has 2 N–H and O–H groups in total. The van der Waals surface area contributed by atoms with Gasteiger partial charge in [-0.15, -0.1) is 5.10 Å². The maximum atomic E-state index is 15.0. The van der Waals surface area contributed by atoms with E-state index in [1.165, 1.54) is 19.3 Å². The average molecular weight is 546 g/mol. The number of piperidine rings is 2. The number of nitrogens with zero attached hydrogens (tertiary/aromatic N) is 7. The molecular weight excluding hydrogens is 512 g/mol. The molecule has 4 heterocycles. The zero-order valence-corrected chi connectivity index (χ0v) is 22.0. The summed E-state index contributed by atoms with van der Waals surface area (Å²) in [6.07, 6.45) is 4.06.